The first-order chi connectivity index (χ1) is 13.2. The van der Waals surface area contributed by atoms with Gasteiger partial charge >= 0.3 is 0 Å². The van der Waals surface area contributed by atoms with Crippen molar-refractivity contribution >= 4 is 11.8 Å². The summed E-state index contributed by atoms with van der Waals surface area (Å²) in [5.74, 6) is 0.885. The molecular weight excluding hydrogens is 348 g/mol. The monoisotopic (exact) mass is 373 g/mol. The van der Waals surface area contributed by atoms with Crippen molar-refractivity contribution in [1.29, 1.82) is 0 Å². The van der Waals surface area contributed by atoms with Crippen LogP contribution in [0.5, 0.6) is 0 Å². The highest BCUT2D eigenvalue weighted by Crippen LogP contribution is 2.17. The van der Waals surface area contributed by atoms with Crippen molar-refractivity contribution in [2.45, 2.75) is 25.3 Å². The molecule has 5 nitrogen and oxygen atoms in total. The second kappa shape index (κ2) is 9.30. The van der Waals surface area contributed by atoms with E-state index < -0.39 is 5.82 Å². The minimum atomic E-state index is -0.423. The highest BCUT2D eigenvalue weighted by Gasteiger charge is 2.20. The maximum atomic E-state index is 13.7. The smallest absolute Gasteiger partial charge is 0.191 e. The summed E-state index contributed by atoms with van der Waals surface area (Å²) in [6.07, 6.45) is 4.17. The molecule has 1 aliphatic rings. The van der Waals surface area contributed by atoms with Gasteiger partial charge in [-0.05, 0) is 55.2 Å². The Morgan fingerprint density at radius 2 is 2.04 bits per heavy atom. The maximum Gasteiger partial charge on any atom is 0.191 e. The number of aliphatic imine (C=N–C) groups is 1. The summed E-state index contributed by atoms with van der Waals surface area (Å²) in [5, 5.41) is 6.59. The van der Waals surface area contributed by atoms with E-state index in [-0.39, 0.29) is 5.82 Å². The first kappa shape index (κ1) is 19.1. The summed E-state index contributed by atoms with van der Waals surface area (Å²) in [4.78, 5) is 10.9. The lowest BCUT2D eigenvalue weighted by atomic mass is 10.1. The molecule has 1 aromatic carbocycles. The fourth-order valence-corrected chi connectivity index (χ4v) is 3.23. The molecule has 2 aromatic rings. The summed E-state index contributed by atoms with van der Waals surface area (Å²) in [6.45, 7) is 2.34. The zero-order chi connectivity index (χ0) is 19.1. The lowest BCUT2D eigenvalue weighted by molar-refractivity contribution is 0.459. The molecule has 0 radical (unpaired) electrons. The Balaban J connectivity index is 1.44. The molecule has 2 heterocycles. The number of benzene rings is 1. The van der Waals surface area contributed by atoms with Crippen molar-refractivity contribution in [2.24, 2.45) is 4.99 Å². The van der Waals surface area contributed by atoms with E-state index in [9.17, 15) is 8.78 Å². The van der Waals surface area contributed by atoms with Crippen molar-refractivity contribution in [2.75, 3.05) is 31.6 Å². The summed E-state index contributed by atoms with van der Waals surface area (Å²) in [7, 11) is 1.71. The molecule has 7 heteroatoms. The molecule has 0 amide bonds. The topological polar surface area (TPSA) is 52.6 Å². The third-order valence-electron chi connectivity index (χ3n) is 4.73. The minimum absolute atomic E-state index is 0.321. The minimum Gasteiger partial charge on any atom is -0.356 e. The number of halogens is 2. The number of aromatic nitrogens is 1. The fourth-order valence-electron chi connectivity index (χ4n) is 3.23. The van der Waals surface area contributed by atoms with E-state index in [4.69, 9.17) is 0 Å². The van der Waals surface area contributed by atoms with Crippen LogP contribution in [-0.4, -0.2) is 43.7 Å². The zero-order valence-corrected chi connectivity index (χ0v) is 15.5. The Labute approximate surface area is 158 Å². The number of hydrogen-bond donors (Lipinski definition) is 2. The van der Waals surface area contributed by atoms with E-state index in [2.05, 4.69) is 25.5 Å². The molecule has 0 bridgehead atoms. The lowest BCUT2D eigenvalue weighted by Crippen LogP contribution is -2.49. The van der Waals surface area contributed by atoms with Gasteiger partial charge < -0.3 is 15.5 Å². The number of rotatable bonds is 5. The second-order valence-corrected chi connectivity index (χ2v) is 6.58. The van der Waals surface area contributed by atoms with Crippen LogP contribution in [0.1, 0.15) is 18.4 Å². The van der Waals surface area contributed by atoms with Crippen LogP contribution in [0, 0.1) is 11.6 Å². The summed E-state index contributed by atoms with van der Waals surface area (Å²) in [5.41, 5.74) is 0.363. The largest absolute Gasteiger partial charge is 0.356 e. The van der Waals surface area contributed by atoms with Gasteiger partial charge in [0.25, 0.3) is 0 Å². The van der Waals surface area contributed by atoms with Crippen molar-refractivity contribution < 1.29 is 8.78 Å². The predicted octanol–water partition coefficient (Wildman–Crippen LogP) is 2.74. The first-order valence-electron chi connectivity index (χ1n) is 9.23. The number of piperidine rings is 1. The van der Waals surface area contributed by atoms with Crippen molar-refractivity contribution in [3.63, 3.8) is 0 Å². The molecule has 0 spiro atoms. The van der Waals surface area contributed by atoms with E-state index >= 15 is 0 Å². The molecule has 0 unspecified atom stereocenters. The lowest BCUT2D eigenvalue weighted by Gasteiger charge is -2.33. The van der Waals surface area contributed by atoms with E-state index in [0.29, 0.717) is 30.5 Å². The molecule has 0 saturated carbocycles. The van der Waals surface area contributed by atoms with E-state index in [1.54, 1.807) is 7.05 Å². The zero-order valence-electron chi connectivity index (χ0n) is 15.5. The first-order valence-corrected chi connectivity index (χ1v) is 9.23. The number of hydrogen-bond acceptors (Lipinski definition) is 3. The Morgan fingerprint density at radius 3 is 2.74 bits per heavy atom. The normalized spacial score (nSPS) is 15.7. The van der Waals surface area contributed by atoms with Gasteiger partial charge in [0.15, 0.2) is 5.96 Å². The van der Waals surface area contributed by atoms with Crippen LogP contribution in [0.25, 0.3) is 0 Å². The molecule has 1 fully saturated rings. The predicted molar refractivity (Wildman–Crippen MR) is 104 cm³/mol. The summed E-state index contributed by atoms with van der Waals surface area (Å²) in [6, 6.07) is 9.79. The Morgan fingerprint density at radius 1 is 1.22 bits per heavy atom. The third kappa shape index (κ3) is 5.39. The maximum absolute atomic E-state index is 13.7. The number of pyridine rings is 1. The molecule has 1 aromatic heterocycles. The summed E-state index contributed by atoms with van der Waals surface area (Å²) < 4.78 is 26.9. The van der Waals surface area contributed by atoms with Gasteiger partial charge in [0.05, 0.1) is 0 Å². The number of nitrogens with zero attached hydrogens (tertiary/aromatic N) is 3. The molecule has 27 heavy (non-hydrogen) atoms. The standard InChI is InChI=1S/C20H25F2N5/c1-23-20(25-11-7-15-14-16(21)5-6-18(15)22)26-17-8-12-27(13-9-17)19-4-2-3-10-24-19/h2-6,10,14,17H,7-9,11-13H2,1H3,(H2,23,25,26). The summed E-state index contributed by atoms with van der Waals surface area (Å²) >= 11 is 0. The van der Waals surface area contributed by atoms with E-state index in [0.717, 1.165) is 43.9 Å². The van der Waals surface area contributed by atoms with Crippen LogP contribution in [0.4, 0.5) is 14.6 Å². The SMILES string of the molecule is CN=C(NCCc1cc(F)ccc1F)NC1CCN(c2ccccn2)CC1. The van der Waals surface area contributed by atoms with Crippen molar-refractivity contribution in [3.05, 3.63) is 59.8 Å². The number of nitrogens with one attached hydrogen (secondary N) is 2. The molecule has 0 atom stereocenters. The number of guanidine groups is 1. The van der Waals surface area contributed by atoms with Crippen LogP contribution < -0.4 is 15.5 Å². The van der Waals surface area contributed by atoms with E-state index in [1.165, 1.54) is 6.07 Å². The van der Waals surface area contributed by atoms with Crippen LogP contribution in [-0.2, 0) is 6.42 Å². The Kier molecular flexibility index (Phi) is 6.57. The average Bonchev–Trinajstić information content (AvgIpc) is 2.71. The van der Waals surface area contributed by atoms with Gasteiger partial charge in [-0.2, -0.15) is 0 Å². The number of anilines is 1. The van der Waals surface area contributed by atoms with Crippen LogP contribution >= 0.6 is 0 Å². The van der Waals surface area contributed by atoms with Crippen molar-refractivity contribution in [1.82, 2.24) is 15.6 Å². The molecule has 2 N–H and O–H groups in total. The van der Waals surface area contributed by atoms with Gasteiger partial charge in [0.2, 0.25) is 0 Å². The Bertz CT molecular complexity index is 758. The molecule has 3 rings (SSSR count). The second-order valence-electron chi connectivity index (χ2n) is 6.58. The molecule has 144 valence electrons. The van der Waals surface area contributed by atoms with Gasteiger partial charge in [-0.15, -0.1) is 0 Å². The quantitative estimate of drug-likeness (QED) is 0.625. The molecular formula is C20H25F2N5. The van der Waals surface area contributed by atoms with Gasteiger partial charge in [0, 0.05) is 38.9 Å². The van der Waals surface area contributed by atoms with Gasteiger partial charge in [-0.3, -0.25) is 4.99 Å². The van der Waals surface area contributed by atoms with Crippen LogP contribution in [0.3, 0.4) is 0 Å². The molecule has 1 aliphatic heterocycles. The van der Waals surface area contributed by atoms with Gasteiger partial charge in [-0.1, -0.05) is 6.07 Å². The van der Waals surface area contributed by atoms with Crippen molar-refractivity contribution in [3.8, 4) is 0 Å². The van der Waals surface area contributed by atoms with Gasteiger partial charge in [0.1, 0.15) is 17.5 Å². The van der Waals surface area contributed by atoms with Crippen LogP contribution in [0.15, 0.2) is 47.6 Å². The highest BCUT2D eigenvalue weighted by molar-refractivity contribution is 5.80. The Hall–Kier alpha value is -2.70. The van der Waals surface area contributed by atoms with Gasteiger partial charge in [-0.25, -0.2) is 13.8 Å². The molecule has 0 aliphatic carbocycles. The third-order valence-corrected chi connectivity index (χ3v) is 4.73. The fraction of sp³-hybridized carbons (Fsp3) is 0.400. The molecule has 1 saturated heterocycles. The highest BCUT2D eigenvalue weighted by atomic mass is 19.1. The van der Waals surface area contributed by atoms with E-state index in [1.807, 2.05) is 24.4 Å². The van der Waals surface area contributed by atoms with Crippen LogP contribution in [0.2, 0.25) is 0 Å². The average molecular weight is 373 g/mol.